The molecule has 168 valence electrons. The zero-order valence-electron chi connectivity index (χ0n) is 18.1. The molecule has 1 aromatic heterocycles. The van der Waals surface area contributed by atoms with Gasteiger partial charge >= 0.3 is 0 Å². The summed E-state index contributed by atoms with van der Waals surface area (Å²) in [5.41, 5.74) is 3.52. The molecule has 1 aliphatic heterocycles. The third-order valence-electron chi connectivity index (χ3n) is 5.20. The topological polar surface area (TPSA) is 82.8 Å². The van der Waals surface area contributed by atoms with E-state index in [0.29, 0.717) is 42.9 Å². The van der Waals surface area contributed by atoms with Crippen LogP contribution in [0.1, 0.15) is 34.6 Å². The average molecular weight is 457 g/mol. The van der Waals surface area contributed by atoms with Crippen molar-refractivity contribution < 1.29 is 23.5 Å². The number of nitrogens with zero attached hydrogens (tertiary/aromatic N) is 1. The van der Waals surface area contributed by atoms with Gasteiger partial charge in [0.15, 0.2) is 11.5 Å². The largest absolute Gasteiger partial charge is 0.489 e. The molecular formula is C24H25ClN2O5. The van der Waals surface area contributed by atoms with E-state index in [1.807, 2.05) is 44.2 Å². The zero-order chi connectivity index (χ0) is 22.5. The van der Waals surface area contributed by atoms with Crippen molar-refractivity contribution in [2.45, 2.75) is 39.8 Å². The molecule has 0 fully saturated rings. The number of rotatable bonds is 7. The van der Waals surface area contributed by atoms with Gasteiger partial charge in [-0.05, 0) is 49.2 Å². The summed E-state index contributed by atoms with van der Waals surface area (Å²) in [5.74, 6) is 2.57. The number of hydrogen-bond acceptors (Lipinski definition) is 6. The highest BCUT2D eigenvalue weighted by molar-refractivity contribution is 6.32. The Morgan fingerprint density at radius 2 is 1.91 bits per heavy atom. The van der Waals surface area contributed by atoms with E-state index in [1.54, 1.807) is 6.07 Å². The summed E-state index contributed by atoms with van der Waals surface area (Å²) in [7, 11) is 0. The van der Waals surface area contributed by atoms with Crippen molar-refractivity contribution in [2.75, 3.05) is 13.2 Å². The van der Waals surface area contributed by atoms with Crippen LogP contribution in [0.15, 0.2) is 40.9 Å². The Morgan fingerprint density at radius 3 is 2.66 bits per heavy atom. The molecule has 0 saturated carbocycles. The second-order valence-electron chi connectivity index (χ2n) is 7.64. The van der Waals surface area contributed by atoms with Crippen LogP contribution in [0.25, 0.3) is 0 Å². The first-order chi connectivity index (χ1) is 15.5. The van der Waals surface area contributed by atoms with Gasteiger partial charge in [-0.25, -0.2) is 0 Å². The summed E-state index contributed by atoms with van der Waals surface area (Å²) >= 11 is 6.32. The van der Waals surface area contributed by atoms with Gasteiger partial charge in [0.2, 0.25) is 5.91 Å². The quantitative estimate of drug-likeness (QED) is 0.561. The van der Waals surface area contributed by atoms with Crippen molar-refractivity contribution in [3.05, 3.63) is 69.6 Å². The highest BCUT2D eigenvalue weighted by atomic mass is 35.5. The predicted octanol–water partition coefficient (Wildman–Crippen LogP) is 4.54. The van der Waals surface area contributed by atoms with Crippen molar-refractivity contribution in [1.82, 2.24) is 10.5 Å². The number of halogens is 1. The number of hydrogen-bond donors (Lipinski definition) is 1. The van der Waals surface area contributed by atoms with E-state index in [0.717, 1.165) is 40.3 Å². The first-order valence-corrected chi connectivity index (χ1v) is 10.9. The van der Waals surface area contributed by atoms with E-state index in [1.165, 1.54) is 0 Å². The maximum absolute atomic E-state index is 12.4. The summed E-state index contributed by atoms with van der Waals surface area (Å²) in [5, 5.41) is 7.34. The van der Waals surface area contributed by atoms with Gasteiger partial charge in [-0.3, -0.25) is 4.79 Å². The lowest BCUT2D eigenvalue weighted by molar-refractivity contribution is -0.120. The lowest BCUT2D eigenvalue weighted by atomic mass is 10.1. The van der Waals surface area contributed by atoms with E-state index in [2.05, 4.69) is 10.5 Å². The molecule has 0 atom stereocenters. The number of carbonyl (C=O) groups excluding carboxylic acids is 1. The number of ether oxygens (including phenoxy) is 3. The molecule has 2 aromatic carbocycles. The number of fused-ring (bicyclic) bond motifs is 1. The van der Waals surface area contributed by atoms with Crippen LogP contribution in [0.3, 0.4) is 0 Å². The molecule has 2 heterocycles. The normalized spacial score (nSPS) is 12.8. The third kappa shape index (κ3) is 5.34. The molecule has 0 radical (unpaired) electrons. The Balaban J connectivity index is 1.29. The van der Waals surface area contributed by atoms with Crippen molar-refractivity contribution in [3.8, 4) is 17.2 Å². The molecule has 4 rings (SSSR count). The monoisotopic (exact) mass is 456 g/mol. The van der Waals surface area contributed by atoms with E-state index in [-0.39, 0.29) is 12.3 Å². The summed E-state index contributed by atoms with van der Waals surface area (Å²) in [6.45, 7) is 5.65. The van der Waals surface area contributed by atoms with Crippen LogP contribution in [-0.4, -0.2) is 24.3 Å². The van der Waals surface area contributed by atoms with Crippen LogP contribution in [0.5, 0.6) is 17.2 Å². The molecule has 0 spiro atoms. The highest BCUT2D eigenvalue weighted by Gasteiger charge is 2.16. The molecule has 3 aromatic rings. The van der Waals surface area contributed by atoms with Crippen LogP contribution in [0.4, 0.5) is 0 Å². The number of benzene rings is 2. The molecule has 7 nitrogen and oxygen atoms in total. The van der Waals surface area contributed by atoms with Crippen LogP contribution in [0, 0.1) is 13.8 Å². The lowest BCUT2D eigenvalue weighted by Crippen LogP contribution is -2.24. The van der Waals surface area contributed by atoms with Gasteiger partial charge in [0.05, 0.1) is 35.9 Å². The molecule has 1 aliphatic rings. The molecule has 1 amide bonds. The lowest BCUT2D eigenvalue weighted by Gasteiger charge is -2.12. The Labute approximate surface area is 191 Å². The Kier molecular flexibility index (Phi) is 6.85. The van der Waals surface area contributed by atoms with Crippen LogP contribution in [0.2, 0.25) is 5.02 Å². The molecule has 0 saturated heterocycles. The fourth-order valence-electron chi connectivity index (χ4n) is 3.40. The molecule has 1 N–H and O–H groups in total. The first kappa shape index (κ1) is 22.0. The molecule has 32 heavy (non-hydrogen) atoms. The summed E-state index contributed by atoms with van der Waals surface area (Å²) in [6, 6.07) is 11.1. The maximum atomic E-state index is 12.4. The standard InChI is InChI=1S/C24H25ClN2O5/c1-15-20(16(2)32-27-15)14-31-19-6-4-17(5-7-19)12-23(28)26-13-18-10-21(25)24-22(11-18)29-8-3-9-30-24/h4-7,10-11H,3,8-9,12-14H2,1-2H3,(H,26,28). The summed E-state index contributed by atoms with van der Waals surface area (Å²) in [6.07, 6.45) is 1.07. The Morgan fingerprint density at radius 1 is 1.12 bits per heavy atom. The third-order valence-corrected chi connectivity index (χ3v) is 5.48. The number of amides is 1. The number of carbonyl (C=O) groups is 1. The van der Waals surface area contributed by atoms with Crippen molar-refractivity contribution in [2.24, 2.45) is 0 Å². The van der Waals surface area contributed by atoms with Crippen molar-refractivity contribution in [3.63, 3.8) is 0 Å². The van der Waals surface area contributed by atoms with Gasteiger partial charge < -0.3 is 24.1 Å². The maximum Gasteiger partial charge on any atom is 0.224 e. The number of nitrogens with one attached hydrogen (secondary N) is 1. The fraction of sp³-hybridized carbons (Fsp3) is 0.333. The van der Waals surface area contributed by atoms with Crippen LogP contribution in [-0.2, 0) is 24.4 Å². The minimum Gasteiger partial charge on any atom is -0.489 e. The predicted molar refractivity (Wildman–Crippen MR) is 119 cm³/mol. The summed E-state index contributed by atoms with van der Waals surface area (Å²) < 4.78 is 22.3. The van der Waals surface area contributed by atoms with Gasteiger partial charge in [0, 0.05) is 13.0 Å². The number of aryl methyl sites for hydroxylation is 2. The minimum atomic E-state index is -0.0855. The van der Waals surface area contributed by atoms with Gasteiger partial charge in [-0.2, -0.15) is 0 Å². The fourth-order valence-corrected chi connectivity index (χ4v) is 3.69. The Hall–Kier alpha value is -3.19. The van der Waals surface area contributed by atoms with E-state index in [4.69, 9.17) is 30.3 Å². The van der Waals surface area contributed by atoms with Crippen molar-refractivity contribution in [1.29, 1.82) is 0 Å². The van der Waals surface area contributed by atoms with Crippen LogP contribution >= 0.6 is 11.6 Å². The SMILES string of the molecule is Cc1noc(C)c1COc1ccc(CC(=O)NCc2cc(Cl)c3c(c2)OCCCO3)cc1. The van der Waals surface area contributed by atoms with Gasteiger partial charge in [-0.15, -0.1) is 0 Å². The summed E-state index contributed by atoms with van der Waals surface area (Å²) in [4.78, 5) is 12.4. The second kappa shape index (κ2) is 9.96. The molecular weight excluding hydrogens is 432 g/mol. The first-order valence-electron chi connectivity index (χ1n) is 10.5. The second-order valence-corrected chi connectivity index (χ2v) is 8.05. The smallest absolute Gasteiger partial charge is 0.224 e. The molecule has 8 heteroatoms. The minimum absolute atomic E-state index is 0.0855. The van der Waals surface area contributed by atoms with Gasteiger partial charge in [0.1, 0.15) is 18.1 Å². The molecule has 0 aliphatic carbocycles. The molecule has 0 bridgehead atoms. The van der Waals surface area contributed by atoms with Gasteiger partial charge in [-0.1, -0.05) is 28.9 Å². The van der Waals surface area contributed by atoms with E-state index < -0.39 is 0 Å². The van der Waals surface area contributed by atoms with Crippen molar-refractivity contribution >= 4 is 17.5 Å². The highest BCUT2D eigenvalue weighted by Crippen LogP contribution is 2.38. The van der Waals surface area contributed by atoms with Crippen LogP contribution < -0.4 is 19.5 Å². The average Bonchev–Trinajstić information content (AvgIpc) is 2.96. The van der Waals surface area contributed by atoms with E-state index in [9.17, 15) is 4.79 Å². The van der Waals surface area contributed by atoms with Gasteiger partial charge in [0.25, 0.3) is 0 Å². The number of aromatic nitrogens is 1. The molecule has 0 unspecified atom stereocenters. The zero-order valence-corrected chi connectivity index (χ0v) is 18.8. The van der Waals surface area contributed by atoms with E-state index >= 15 is 0 Å². The Bertz CT molecular complexity index is 1080.